The third-order valence-corrected chi connectivity index (χ3v) is 0.879. The maximum absolute atomic E-state index is 5.22. The topological polar surface area (TPSA) is 26.0 Å². The van der Waals surface area contributed by atoms with Crippen LogP contribution in [-0.4, -0.2) is 6.54 Å². The van der Waals surface area contributed by atoms with Crippen LogP contribution in [0, 0.1) is 5.92 Å². The van der Waals surface area contributed by atoms with Gasteiger partial charge in [-0.2, -0.15) is 0 Å². The molecule has 0 aromatic carbocycles. The van der Waals surface area contributed by atoms with Crippen LogP contribution < -0.4 is 5.73 Å². The highest BCUT2D eigenvalue weighted by molar-refractivity contribution is 5.03. The first-order valence-electron chi connectivity index (χ1n) is 3.30. The van der Waals surface area contributed by atoms with Crippen LogP contribution in [0.2, 0.25) is 0 Å². The minimum absolute atomic E-state index is 0.627. The lowest BCUT2D eigenvalue weighted by Crippen LogP contribution is -1.91. The number of rotatable bonds is 3. The Hall–Kier alpha value is -0.560. The van der Waals surface area contributed by atoms with Crippen LogP contribution in [0.3, 0.4) is 0 Å². The van der Waals surface area contributed by atoms with Crippen LogP contribution in [0.25, 0.3) is 0 Å². The van der Waals surface area contributed by atoms with Crippen LogP contribution >= 0.6 is 0 Å². The van der Waals surface area contributed by atoms with Crippen LogP contribution in [-0.2, 0) is 0 Å². The average molecular weight is 125 g/mol. The lowest BCUT2D eigenvalue weighted by molar-refractivity contribution is 0.832. The summed E-state index contributed by atoms with van der Waals surface area (Å²) in [6, 6.07) is 0. The van der Waals surface area contributed by atoms with Crippen molar-refractivity contribution in [2.45, 2.75) is 13.8 Å². The first-order chi connectivity index (χ1) is 4.27. The van der Waals surface area contributed by atoms with E-state index < -0.39 is 0 Å². The summed E-state index contributed by atoms with van der Waals surface area (Å²) in [5.74, 6) is 0.632. The second-order valence-electron chi connectivity index (χ2n) is 2.29. The molecule has 0 amide bonds. The molecule has 1 heteroatoms. The number of nitrogens with two attached hydrogens (primary N) is 1. The molecule has 0 atom stereocenters. The second-order valence-corrected chi connectivity index (χ2v) is 2.29. The smallest absolute Gasteiger partial charge is 0.0109 e. The van der Waals surface area contributed by atoms with E-state index in [4.69, 9.17) is 5.73 Å². The maximum atomic E-state index is 5.22. The molecule has 0 bridgehead atoms. The van der Waals surface area contributed by atoms with Crippen molar-refractivity contribution >= 4 is 0 Å². The Bertz CT molecular complexity index is 101. The predicted octanol–water partition coefficient (Wildman–Crippen LogP) is 1.71. The van der Waals surface area contributed by atoms with E-state index in [0.717, 1.165) is 0 Å². The summed E-state index contributed by atoms with van der Waals surface area (Å²) >= 11 is 0. The van der Waals surface area contributed by atoms with Crippen LogP contribution in [0.5, 0.6) is 0 Å². The van der Waals surface area contributed by atoms with Crippen molar-refractivity contribution in [1.82, 2.24) is 0 Å². The Labute approximate surface area is 57.3 Å². The van der Waals surface area contributed by atoms with Crippen molar-refractivity contribution < 1.29 is 0 Å². The van der Waals surface area contributed by atoms with Gasteiger partial charge in [0.1, 0.15) is 0 Å². The summed E-state index contributed by atoms with van der Waals surface area (Å²) in [7, 11) is 0. The molecule has 0 radical (unpaired) electrons. The average Bonchev–Trinajstić information content (AvgIpc) is 1.80. The fourth-order valence-electron chi connectivity index (χ4n) is 0.444. The van der Waals surface area contributed by atoms with Gasteiger partial charge < -0.3 is 5.73 Å². The SMILES string of the molecule is CC(C)/C=C/C=C/CN. The predicted molar refractivity (Wildman–Crippen MR) is 42.2 cm³/mol. The van der Waals surface area contributed by atoms with Crippen LogP contribution in [0.4, 0.5) is 0 Å². The molecule has 0 aliphatic carbocycles. The van der Waals surface area contributed by atoms with Gasteiger partial charge in [0.25, 0.3) is 0 Å². The van der Waals surface area contributed by atoms with Gasteiger partial charge in [0.15, 0.2) is 0 Å². The zero-order valence-electron chi connectivity index (χ0n) is 6.17. The van der Waals surface area contributed by atoms with E-state index in [1.165, 1.54) is 0 Å². The van der Waals surface area contributed by atoms with E-state index in [9.17, 15) is 0 Å². The Kier molecular flexibility index (Phi) is 5.23. The largest absolute Gasteiger partial charge is 0.327 e. The van der Waals surface area contributed by atoms with E-state index >= 15 is 0 Å². The van der Waals surface area contributed by atoms with E-state index in [2.05, 4.69) is 19.9 Å². The van der Waals surface area contributed by atoms with Crippen molar-refractivity contribution in [2.24, 2.45) is 11.7 Å². The van der Waals surface area contributed by atoms with Crippen molar-refractivity contribution in [1.29, 1.82) is 0 Å². The molecule has 1 nitrogen and oxygen atoms in total. The molecule has 9 heavy (non-hydrogen) atoms. The molecular formula is C8H15N. The van der Waals surface area contributed by atoms with E-state index in [1.807, 2.05) is 18.2 Å². The second kappa shape index (κ2) is 5.57. The summed E-state index contributed by atoms with van der Waals surface area (Å²) in [5.41, 5.74) is 5.22. The van der Waals surface area contributed by atoms with Gasteiger partial charge in [0.2, 0.25) is 0 Å². The van der Waals surface area contributed by atoms with Crippen LogP contribution in [0.15, 0.2) is 24.3 Å². The molecule has 0 fully saturated rings. The Morgan fingerprint density at radius 2 is 2.00 bits per heavy atom. The summed E-state index contributed by atoms with van der Waals surface area (Å²) in [6.45, 7) is 4.92. The van der Waals surface area contributed by atoms with Gasteiger partial charge >= 0.3 is 0 Å². The van der Waals surface area contributed by atoms with E-state index in [0.29, 0.717) is 12.5 Å². The monoisotopic (exact) mass is 125 g/mol. The number of allylic oxidation sites excluding steroid dienone is 3. The van der Waals surface area contributed by atoms with Crippen molar-refractivity contribution in [3.63, 3.8) is 0 Å². The van der Waals surface area contributed by atoms with Gasteiger partial charge in [0.05, 0.1) is 0 Å². The van der Waals surface area contributed by atoms with Crippen LogP contribution in [0.1, 0.15) is 13.8 Å². The molecular weight excluding hydrogens is 110 g/mol. The first kappa shape index (κ1) is 8.44. The molecule has 0 heterocycles. The van der Waals surface area contributed by atoms with Gasteiger partial charge in [0, 0.05) is 6.54 Å². The molecule has 0 aromatic heterocycles. The molecule has 0 unspecified atom stereocenters. The number of hydrogen-bond acceptors (Lipinski definition) is 1. The summed E-state index contributed by atoms with van der Waals surface area (Å²) < 4.78 is 0. The summed E-state index contributed by atoms with van der Waals surface area (Å²) in [6.07, 6.45) is 8.06. The van der Waals surface area contributed by atoms with Gasteiger partial charge in [-0.15, -0.1) is 0 Å². The summed E-state index contributed by atoms with van der Waals surface area (Å²) in [4.78, 5) is 0. The lowest BCUT2D eigenvalue weighted by atomic mass is 10.2. The minimum atomic E-state index is 0.627. The molecule has 0 saturated heterocycles. The fraction of sp³-hybridized carbons (Fsp3) is 0.500. The van der Waals surface area contributed by atoms with Crippen molar-refractivity contribution in [3.05, 3.63) is 24.3 Å². The van der Waals surface area contributed by atoms with Gasteiger partial charge in [-0.1, -0.05) is 38.2 Å². The Morgan fingerprint density at radius 3 is 2.44 bits per heavy atom. The third kappa shape index (κ3) is 7.44. The molecule has 0 saturated carbocycles. The van der Waals surface area contributed by atoms with Gasteiger partial charge in [-0.05, 0) is 5.92 Å². The fourth-order valence-corrected chi connectivity index (χ4v) is 0.444. The third-order valence-electron chi connectivity index (χ3n) is 0.879. The molecule has 0 aliphatic heterocycles. The molecule has 0 spiro atoms. The number of hydrogen-bond donors (Lipinski definition) is 1. The molecule has 52 valence electrons. The normalized spacial score (nSPS) is 12.4. The highest BCUT2D eigenvalue weighted by Crippen LogP contribution is 1.92. The Balaban J connectivity index is 3.35. The minimum Gasteiger partial charge on any atom is -0.327 e. The molecule has 2 N–H and O–H groups in total. The zero-order valence-corrected chi connectivity index (χ0v) is 6.17. The summed E-state index contributed by atoms with van der Waals surface area (Å²) in [5, 5.41) is 0. The highest BCUT2D eigenvalue weighted by Gasteiger charge is 1.78. The standard InChI is InChI=1S/C8H15N/c1-8(2)6-4-3-5-7-9/h3-6,8H,7,9H2,1-2H3/b5-3+,6-4+. The highest BCUT2D eigenvalue weighted by atomic mass is 14.5. The van der Waals surface area contributed by atoms with E-state index in [1.54, 1.807) is 0 Å². The van der Waals surface area contributed by atoms with Crippen molar-refractivity contribution in [2.75, 3.05) is 6.54 Å². The molecule has 0 aromatic rings. The molecule has 0 aliphatic rings. The van der Waals surface area contributed by atoms with Crippen molar-refractivity contribution in [3.8, 4) is 0 Å². The quantitative estimate of drug-likeness (QED) is 0.571. The first-order valence-corrected chi connectivity index (χ1v) is 3.30. The van der Waals surface area contributed by atoms with E-state index in [-0.39, 0.29) is 0 Å². The van der Waals surface area contributed by atoms with Gasteiger partial charge in [-0.3, -0.25) is 0 Å². The Morgan fingerprint density at radius 1 is 1.33 bits per heavy atom. The zero-order chi connectivity index (χ0) is 7.11. The lowest BCUT2D eigenvalue weighted by Gasteiger charge is -1.88. The maximum Gasteiger partial charge on any atom is 0.0109 e. The molecule has 0 rings (SSSR count). The van der Waals surface area contributed by atoms with Gasteiger partial charge in [-0.25, -0.2) is 0 Å².